The van der Waals surface area contributed by atoms with Crippen molar-refractivity contribution in [3.8, 4) is 17.1 Å². The molecule has 5 nitrogen and oxygen atoms in total. The molecule has 144 valence electrons. The summed E-state index contributed by atoms with van der Waals surface area (Å²) >= 11 is 7.27. The van der Waals surface area contributed by atoms with E-state index in [0.717, 1.165) is 16.8 Å². The van der Waals surface area contributed by atoms with Gasteiger partial charge in [-0.1, -0.05) is 35.5 Å². The van der Waals surface area contributed by atoms with E-state index >= 15 is 0 Å². The van der Waals surface area contributed by atoms with Gasteiger partial charge in [-0.3, -0.25) is 14.3 Å². The van der Waals surface area contributed by atoms with Crippen molar-refractivity contribution < 1.29 is 4.79 Å². The van der Waals surface area contributed by atoms with Crippen LogP contribution in [0.3, 0.4) is 0 Å². The summed E-state index contributed by atoms with van der Waals surface area (Å²) in [6.07, 6.45) is 3.45. The summed E-state index contributed by atoms with van der Waals surface area (Å²) in [5.74, 6) is 0.970. The number of thioether (sulfide) groups is 1. The van der Waals surface area contributed by atoms with Gasteiger partial charge in [0.15, 0.2) is 16.8 Å². The lowest BCUT2D eigenvalue weighted by molar-refractivity contribution is 0.102. The third-order valence-corrected chi connectivity index (χ3v) is 5.51. The van der Waals surface area contributed by atoms with Crippen molar-refractivity contribution in [2.24, 2.45) is 0 Å². The second-order valence-electron chi connectivity index (χ2n) is 6.44. The van der Waals surface area contributed by atoms with Gasteiger partial charge >= 0.3 is 0 Å². The minimum absolute atomic E-state index is 0.0101. The molecule has 0 N–H and O–H groups in total. The van der Waals surface area contributed by atoms with Gasteiger partial charge in [-0.15, -0.1) is 10.2 Å². The minimum Gasteiger partial charge on any atom is -0.293 e. The van der Waals surface area contributed by atoms with Gasteiger partial charge in [0.2, 0.25) is 0 Å². The van der Waals surface area contributed by atoms with Crippen LogP contribution in [0.15, 0.2) is 78.2 Å². The lowest BCUT2D eigenvalue weighted by Gasteiger charge is -2.11. The Bertz CT molecular complexity index is 1140. The number of benzene rings is 2. The van der Waals surface area contributed by atoms with Gasteiger partial charge in [-0.05, 0) is 61.0 Å². The van der Waals surface area contributed by atoms with E-state index in [1.165, 1.54) is 11.8 Å². The van der Waals surface area contributed by atoms with Crippen LogP contribution in [0.25, 0.3) is 17.1 Å². The number of ketones is 1. The number of aryl methyl sites for hydroxylation is 1. The van der Waals surface area contributed by atoms with E-state index in [9.17, 15) is 4.79 Å². The molecule has 2 aromatic carbocycles. The first kappa shape index (κ1) is 19.4. The Morgan fingerprint density at radius 2 is 1.79 bits per heavy atom. The van der Waals surface area contributed by atoms with Crippen LogP contribution in [0.5, 0.6) is 0 Å². The average molecular weight is 421 g/mol. The Morgan fingerprint density at radius 1 is 1.03 bits per heavy atom. The highest BCUT2D eigenvalue weighted by Gasteiger charge is 2.18. The number of hydrogen-bond donors (Lipinski definition) is 0. The predicted octanol–water partition coefficient (Wildman–Crippen LogP) is 5.27. The van der Waals surface area contributed by atoms with Crippen molar-refractivity contribution in [1.82, 2.24) is 19.7 Å². The zero-order valence-electron chi connectivity index (χ0n) is 15.6. The van der Waals surface area contributed by atoms with Gasteiger partial charge in [0.1, 0.15) is 0 Å². The molecule has 29 heavy (non-hydrogen) atoms. The maximum atomic E-state index is 12.6. The first-order valence-electron chi connectivity index (χ1n) is 8.96. The SMILES string of the molecule is Cc1cccc(-n2c(SCC(=O)c3ccc(Cl)cc3)nnc2-c2ccncc2)c1. The fourth-order valence-electron chi connectivity index (χ4n) is 2.90. The number of carbonyl (C=O) groups is 1. The molecule has 4 rings (SSSR count). The Labute approximate surface area is 177 Å². The van der Waals surface area contributed by atoms with Crippen LogP contribution in [0.4, 0.5) is 0 Å². The van der Waals surface area contributed by atoms with E-state index in [1.54, 1.807) is 36.7 Å². The van der Waals surface area contributed by atoms with Gasteiger partial charge in [0.05, 0.1) is 5.75 Å². The third kappa shape index (κ3) is 4.39. The molecule has 0 radical (unpaired) electrons. The molecule has 0 bridgehead atoms. The van der Waals surface area contributed by atoms with Gasteiger partial charge in [0, 0.05) is 34.2 Å². The normalized spacial score (nSPS) is 10.8. The van der Waals surface area contributed by atoms with E-state index < -0.39 is 0 Å². The van der Waals surface area contributed by atoms with Crippen molar-refractivity contribution in [2.75, 3.05) is 5.75 Å². The number of hydrogen-bond acceptors (Lipinski definition) is 5. The largest absolute Gasteiger partial charge is 0.293 e. The molecule has 7 heteroatoms. The molecular formula is C22H17ClN4OS. The highest BCUT2D eigenvalue weighted by molar-refractivity contribution is 7.99. The molecule has 0 unspecified atom stereocenters. The topological polar surface area (TPSA) is 60.7 Å². The average Bonchev–Trinajstić information content (AvgIpc) is 3.17. The quantitative estimate of drug-likeness (QED) is 0.314. The number of Topliss-reactive ketones (excluding diaryl/α,β-unsaturated/α-hetero) is 1. The number of nitrogens with zero attached hydrogens (tertiary/aromatic N) is 4. The lowest BCUT2D eigenvalue weighted by Crippen LogP contribution is -2.05. The molecule has 2 heterocycles. The molecular weight excluding hydrogens is 404 g/mol. The molecule has 0 aliphatic rings. The zero-order chi connectivity index (χ0) is 20.2. The number of rotatable bonds is 6. The summed E-state index contributed by atoms with van der Waals surface area (Å²) in [6, 6.07) is 18.8. The van der Waals surface area contributed by atoms with E-state index in [-0.39, 0.29) is 11.5 Å². The number of carbonyl (C=O) groups excluding carboxylic acids is 1. The second kappa shape index (κ2) is 8.59. The van der Waals surface area contributed by atoms with Crippen molar-refractivity contribution in [3.63, 3.8) is 0 Å². The summed E-state index contributed by atoms with van der Waals surface area (Å²) in [4.78, 5) is 16.7. The molecule has 0 aliphatic heterocycles. The Balaban J connectivity index is 1.67. The number of aromatic nitrogens is 4. The molecule has 0 amide bonds. The second-order valence-corrected chi connectivity index (χ2v) is 7.81. The van der Waals surface area contributed by atoms with E-state index in [4.69, 9.17) is 11.6 Å². The zero-order valence-corrected chi connectivity index (χ0v) is 17.2. The fourth-order valence-corrected chi connectivity index (χ4v) is 3.87. The van der Waals surface area contributed by atoms with Crippen molar-refractivity contribution in [1.29, 1.82) is 0 Å². The number of pyridine rings is 1. The molecule has 0 saturated heterocycles. The molecule has 0 saturated carbocycles. The Kier molecular flexibility index (Phi) is 5.74. The van der Waals surface area contributed by atoms with Crippen LogP contribution < -0.4 is 0 Å². The maximum absolute atomic E-state index is 12.6. The van der Waals surface area contributed by atoms with Crippen molar-refractivity contribution >= 4 is 29.1 Å². The van der Waals surface area contributed by atoms with Gasteiger partial charge in [-0.2, -0.15) is 0 Å². The summed E-state index contributed by atoms with van der Waals surface area (Å²) < 4.78 is 1.97. The molecule has 0 fully saturated rings. The summed E-state index contributed by atoms with van der Waals surface area (Å²) in [5.41, 5.74) is 3.61. The smallest absolute Gasteiger partial charge is 0.196 e. The van der Waals surface area contributed by atoms with Gasteiger partial charge in [0.25, 0.3) is 0 Å². The summed E-state index contributed by atoms with van der Waals surface area (Å²) in [6.45, 7) is 2.04. The highest BCUT2D eigenvalue weighted by Crippen LogP contribution is 2.28. The van der Waals surface area contributed by atoms with E-state index in [2.05, 4.69) is 21.2 Å². The third-order valence-electron chi connectivity index (χ3n) is 4.33. The monoisotopic (exact) mass is 420 g/mol. The predicted molar refractivity (Wildman–Crippen MR) is 116 cm³/mol. The van der Waals surface area contributed by atoms with Gasteiger partial charge < -0.3 is 0 Å². The van der Waals surface area contributed by atoms with Crippen molar-refractivity contribution in [3.05, 3.63) is 89.2 Å². The van der Waals surface area contributed by atoms with Crippen LogP contribution in [0, 0.1) is 6.92 Å². The van der Waals surface area contributed by atoms with E-state index in [0.29, 0.717) is 21.6 Å². The Hall–Kier alpha value is -2.96. The summed E-state index contributed by atoms with van der Waals surface area (Å²) in [5, 5.41) is 10.0. The van der Waals surface area contributed by atoms with E-state index in [1.807, 2.05) is 41.8 Å². The molecule has 0 aliphatic carbocycles. The van der Waals surface area contributed by atoms with Crippen LogP contribution in [0.1, 0.15) is 15.9 Å². The Morgan fingerprint density at radius 3 is 2.52 bits per heavy atom. The van der Waals surface area contributed by atoms with Gasteiger partial charge in [-0.25, -0.2) is 0 Å². The van der Waals surface area contributed by atoms with Crippen LogP contribution in [0.2, 0.25) is 5.02 Å². The standard InChI is InChI=1S/C22H17ClN4OS/c1-15-3-2-4-19(13-15)27-21(17-9-11-24-12-10-17)25-26-22(27)29-14-20(28)16-5-7-18(23)8-6-16/h2-13H,14H2,1H3. The van der Waals surface area contributed by atoms with Crippen LogP contribution in [-0.2, 0) is 0 Å². The highest BCUT2D eigenvalue weighted by atomic mass is 35.5. The van der Waals surface area contributed by atoms with Crippen molar-refractivity contribution in [2.45, 2.75) is 12.1 Å². The fraction of sp³-hybridized carbons (Fsp3) is 0.0909. The molecule has 0 atom stereocenters. The molecule has 2 aromatic heterocycles. The minimum atomic E-state index is 0.0101. The molecule has 4 aromatic rings. The van der Waals surface area contributed by atoms with Crippen LogP contribution in [-0.4, -0.2) is 31.3 Å². The molecule has 0 spiro atoms. The lowest BCUT2D eigenvalue weighted by atomic mass is 10.1. The van der Waals surface area contributed by atoms with Crippen LogP contribution >= 0.6 is 23.4 Å². The summed E-state index contributed by atoms with van der Waals surface area (Å²) in [7, 11) is 0. The number of halogens is 1. The maximum Gasteiger partial charge on any atom is 0.196 e. The first-order valence-corrected chi connectivity index (χ1v) is 10.3. The first-order chi connectivity index (χ1) is 14.1.